The van der Waals surface area contributed by atoms with Gasteiger partial charge in [-0.1, -0.05) is 18.9 Å². The predicted octanol–water partition coefficient (Wildman–Crippen LogP) is 2.47. The van der Waals surface area contributed by atoms with Crippen molar-refractivity contribution in [1.82, 2.24) is 5.32 Å². The Morgan fingerprint density at radius 1 is 1.32 bits per heavy atom. The lowest BCUT2D eigenvalue weighted by Crippen LogP contribution is -2.52. The number of halogens is 3. The molecule has 0 aromatic heterocycles. The summed E-state index contributed by atoms with van der Waals surface area (Å²) in [5.41, 5.74) is 4.51. The molecule has 7 heteroatoms. The molecule has 0 atom stereocenters. The molecule has 0 saturated heterocycles. The van der Waals surface area contributed by atoms with Crippen LogP contribution in [-0.4, -0.2) is 24.6 Å². The Morgan fingerprint density at radius 2 is 2.00 bits per heavy atom. The summed E-state index contributed by atoms with van der Waals surface area (Å²) < 4.78 is 42.9. The van der Waals surface area contributed by atoms with Crippen molar-refractivity contribution < 1.29 is 22.7 Å². The van der Waals surface area contributed by atoms with Crippen molar-refractivity contribution in [1.29, 1.82) is 0 Å². The van der Waals surface area contributed by atoms with E-state index in [2.05, 4.69) is 5.32 Å². The van der Waals surface area contributed by atoms with E-state index < -0.39 is 17.3 Å². The zero-order chi connectivity index (χ0) is 16.2. The Kier molecular flexibility index (Phi) is 4.95. The molecule has 1 aromatic rings. The second-order valence-electron chi connectivity index (χ2n) is 5.55. The molecule has 0 radical (unpaired) electrons. The fraction of sp³-hybridized carbons (Fsp3) is 0.533. The number of alkyl halides is 3. The number of hydrogen-bond donors (Lipinski definition) is 2. The minimum absolute atomic E-state index is 0.0122. The van der Waals surface area contributed by atoms with Gasteiger partial charge >= 0.3 is 6.18 Å². The summed E-state index contributed by atoms with van der Waals surface area (Å²) in [7, 11) is 0. The summed E-state index contributed by atoms with van der Waals surface area (Å²) in [5.74, 6) is -0.358. The number of hydrogen-bond acceptors (Lipinski definition) is 3. The molecule has 1 amide bonds. The maximum Gasteiger partial charge on any atom is 0.416 e. The van der Waals surface area contributed by atoms with E-state index in [-0.39, 0.29) is 18.3 Å². The molecular formula is C15H19F3N2O2. The summed E-state index contributed by atoms with van der Waals surface area (Å²) in [6, 6.07) is 4.46. The standard InChI is InChI=1S/C15H19F3N2O2/c16-15(17,18)11-4-3-5-12(8-11)22-9-13(21)20-14(10-19)6-1-2-7-14/h3-5,8H,1-2,6-7,9-10,19H2,(H,20,21). The molecule has 1 fully saturated rings. The lowest BCUT2D eigenvalue weighted by atomic mass is 9.98. The zero-order valence-electron chi connectivity index (χ0n) is 12.1. The highest BCUT2D eigenvalue weighted by molar-refractivity contribution is 5.78. The second kappa shape index (κ2) is 6.56. The average molecular weight is 316 g/mol. The summed E-state index contributed by atoms with van der Waals surface area (Å²) in [5, 5.41) is 2.85. The van der Waals surface area contributed by atoms with Crippen molar-refractivity contribution >= 4 is 5.91 Å². The fourth-order valence-corrected chi connectivity index (χ4v) is 2.67. The minimum Gasteiger partial charge on any atom is -0.484 e. The average Bonchev–Trinajstić information content (AvgIpc) is 2.94. The summed E-state index contributed by atoms with van der Waals surface area (Å²) in [4.78, 5) is 11.9. The molecule has 1 aromatic carbocycles. The first-order valence-corrected chi connectivity index (χ1v) is 7.16. The first-order valence-electron chi connectivity index (χ1n) is 7.16. The van der Waals surface area contributed by atoms with Crippen LogP contribution in [0.1, 0.15) is 31.2 Å². The van der Waals surface area contributed by atoms with Gasteiger partial charge in [0.2, 0.25) is 0 Å². The van der Waals surface area contributed by atoms with E-state index in [0.29, 0.717) is 6.54 Å². The lowest BCUT2D eigenvalue weighted by molar-refractivity contribution is -0.137. The molecule has 1 saturated carbocycles. The smallest absolute Gasteiger partial charge is 0.416 e. The van der Waals surface area contributed by atoms with Crippen molar-refractivity contribution in [2.24, 2.45) is 5.73 Å². The van der Waals surface area contributed by atoms with E-state index in [1.165, 1.54) is 12.1 Å². The van der Waals surface area contributed by atoms with Gasteiger partial charge in [-0.05, 0) is 31.0 Å². The molecule has 0 spiro atoms. The zero-order valence-corrected chi connectivity index (χ0v) is 12.1. The Balaban J connectivity index is 1.91. The van der Waals surface area contributed by atoms with Crippen molar-refractivity contribution in [2.75, 3.05) is 13.2 Å². The normalized spacial score (nSPS) is 17.3. The van der Waals surface area contributed by atoms with Gasteiger partial charge in [0, 0.05) is 6.54 Å². The highest BCUT2D eigenvalue weighted by atomic mass is 19.4. The van der Waals surface area contributed by atoms with E-state index in [1.54, 1.807) is 0 Å². The molecule has 0 heterocycles. The molecule has 22 heavy (non-hydrogen) atoms. The van der Waals surface area contributed by atoms with E-state index in [1.807, 2.05) is 0 Å². The number of benzene rings is 1. The van der Waals surface area contributed by atoms with Crippen molar-refractivity contribution in [3.05, 3.63) is 29.8 Å². The van der Waals surface area contributed by atoms with Crippen LogP contribution < -0.4 is 15.8 Å². The van der Waals surface area contributed by atoms with Crippen molar-refractivity contribution in [3.63, 3.8) is 0 Å². The molecule has 0 bridgehead atoms. The predicted molar refractivity (Wildman–Crippen MR) is 75.3 cm³/mol. The SMILES string of the molecule is NCC1(NC(=O)COc2cccc(C(F)(F)F)c2)CCCC1. The lowest BCUT2D eigenvalue weighted by Gasteiger charge is -2.28. The van der Waals surface area contributed by atoms with Crippen molar-refractivity contribution in [3.8, 4) is 5.75 Å². The maximum atomic E-state index is 12.6. The van der Waals surface area contributed by atoms with Crippen molar-refractivity contribution in [2.45, 2.75) is 37.4 Å². The molecule has 1 aliphatic carbocycles. The van der Waals surface area contributed by atoms with Gasteiger partial charge in [0.1, 0.15) is 5.75 Å². The Hall–Kier alpha value is -1.76. The van der Waals surface area contributed by atoms with Gasteiger partial charge in [-0.3, -0.25) is 4.79 Å². The van der Waals surface area contributed by atoms with Gasteiger partial charge in [0.25, 0.3) is 5.91 Å². The molecule has 0 aliphatic heterocycles. The summed E-state index contributed by atoms with van der Waals surface area (Å²) in [6.07, 6.45) is -0.787. The summed E-state index contributed by atoms with van der Waals surface area (Å²) >= 11 is 0. The monoisotopic (exact) mass is 316 g/mol. The molecule has 1 aliphatic rings. The number of amides is 1. The molecule has 4 nitrogen and oxygen atoms in total. The third kappa shape index (κ3) is 4.13. The number of carbonyl (C=O) groups excluding carboxylic acids is 1. The van der Waals surface area contributed by atoms with Gasteiger partial charge in [-0.15, -0.1) is 0 Å². The van der Waals surface area contributed by atoms with E-state index >= 15 is 0 Å². The maximum absolute atomic E-state index is 12.6. The van der Waals surface area contributed by atoms with E-state index in [0.717, 1.165) is 37.8 Å². The molecular weight excluding hydrogens is 297 g/mol. The number of nitrogens with two attached hydrogens (primary N) is 1. The van der Waals surface area contributed by atoms with Crippen LogP contribution in [0.25, 0.3) is 0 Å². The van der Waals surface area contributed by atoms with Crippen LogP contribution in [-0.2, 0) is 11.0 Å². The molecule has 122 valence electrons. The minimum atomic E-state index is -4.44. The van der Waals surface area contributed by atoms with Crippen LogP contribution in [0.5, 0.6) is 5.75 Å². The Labute approximate surface area is 126 Å². The van der Waals surface area contributed by atoms with Gasteiger partial charge in [-0.2, -0.15) is 13.2 Å². The first-order chi connectivity index (χ1) is 10.3. The highest BCUT2D eigenvalue weighted by Crippen LogP contribution is 2.31. The van der Waals surface area contributed by atoms with Crippen LogP contribution in [0.3, 0.4) is 0 Å². The number of nitrogens with one attached hydrogen (secondary N) is 1. The van der Waals surface area contributed by atoms with E-state index in [4.69, 9.17) is 10.5 Å². The fourth-order valence-electron chi connectivity index (χ4n) is 2.67. The third-order valence-electron chi connectivity index (χ3n) is 3.89. The van der Waals surface area contributed by atoms with Gasteiger partial charge < -0.3 is 15.8 Å². The van der Waals surface area contributed by atoms with Crippen LogP contribution in [0, 0.1) is 0 Å². The Bertz CT molecular complexity index is 526. The quantitative estimate of drug-likeness (QED) is 0.877. The van der Waals surface area contributed by atoms with Crippen LogP contribution >= 0.6 is 0 Å². The number of rotatable bonds is 5. The first kappa shape index (κ1) is 16.6. The van der Waals surface area contributed by atoms with Crippen LogP contribution in [0.4, 0.5) is 13.2 Å². The highest BCUT2D eigenvalue weighted by Gasteiger charge is 2.34. The molecule has 3 N–H and O–H groups in total. The van der Waals surface area contributed by atoms with Gasteiger partial charge in [0.15, 0.2) is 6.61 Å². The summed E-state index contributed by atoms with van der Waals surface area (Å²) in [6.45, 7) is 0.0192. The largest absolute Gasteiger partial charge is 0.484 e. The van der Waals surface area contributed by atoms with Crippen LogP contribution in [0.2, 0.25) is 0 Å². The van der Waals surface area contributed by atoms with Gasteiger partial charge in [-0.25, -0.2) is 0 Å². The topological polar surface area (TPSA) is 64.3 Å². The second-order valence-corrected chi connectivity index (χ2v) is 5.55. The number of carbonyl (C=O) groups is 1. The van der Waals surface area contributed by atoms with E-state index in [9.17, 15) is 18.0 Å². The Morgan fingerprint density at radius 3 is 2.59 bits per heavy atom. The molecule has 0 unspecified atom stereocenters. The third-order valence-corrected chi connectivity index (χ3v) is 3.89. The number of ether oxygens (including phenoxy) is 1. The van der Waals surface area contributed by atoms with Gasteiger partial charge in [0.05, 0.1) is 11.1 Å². The molecule has 2 rings (SSSR count). The van der Waals surface area contributed by atoms with Crippen LogP contribution in [0.15, 0.2) is 24.3 Å².